The van der Waals surface area contributed by atoms with E-state index >= 15 is 0 Å². The number of piperidine rings is 1. The Hall–Kier alpha value is -1.10. The molecule has 0 saturated carbocycles. The van der Waals surface area contributed by atoms with Crippen molar-refractivity contribution in [3.05, 3.63) is 16.6 Å². The second-order valence-electron chi connectivity index (χ2n) is 4.53. The lowest BCUT2D eigenvalue weighted by molar-refractivity contribution is 0.123. The number of aromatic nitrogens is 1. The topological polar surface area (TPSA) is 53.4 Å². The predicted octanol–water partition coefficient (Wildman–Crippen LogP) is 2.86. The highest BCUT2D eigenvalue weighted by atomic mass is 32.1. The Morgan fingerprint density at radius 2 is 2.29 bits per heavy atom. The molecule has 0 atom stereocenters. The van der Waals surface area contributed by atoms with E-state index in [2.05, 4.69) is 4.98 Å². The first-order valence-electron chi connectivity index (χ1n) is 6.12. The Morgan fingerprint density at radius 3 is 2.88 bits per heavy atom. The molecule has 0 aliphatic carbocycles. The normalized spacial score (nSPS) is 17.3. The quantitative estimate of drug-likeness (QED) is 0.899. The third-order valence-corrected chi connectivity index (χ3v) is 4.21. The average molecular weight is 254 g/mol. The van der Waals surface area contributed by atoms with Crippen molar-refractivity contribution in [1.29, 1.82) is 0 Å². The van der Waals surface area contributed by atoms with Gasteiger partial charge in [-0.1, -0.05) is 0 Å². The zero-order valence-electron chi connectivity index (χ0n) is 9.84. The molecule has 0 spiro atoms. The fraction of sp³-hybridized carbons (Fsp3) is 0.667. The van der Waals surface area contributed by atoms with E-state index in [1.807, 2.05) is 11.6 Å². The van der Waals surface area contributed by atoms with Gasteiger partial charge in [-0.3, -0.25) is 0 Å². The summed E-state index contributed by atoms with van der Waals surface area (Å²) in [5.41, 5.74) is 0. The molecule has 1 aliphatic rings. The molecule has 4 nitrogen and oxygen atoms in total. The monoisotopic (exact) mass is 254 g/mol. The highest BCUT2D eigenvalue weighted by Gasteiger charge is 2.21. The molecule has 0 radical (unpaired) electrons. The van der Waals surface area contributed by atoms with E-state index in [0.29, 0.717) is 19.0 Å². The molecule has 1 saturated heterocycles. The summed E-state index contributed by atoms with van der Waals surface area (Å²) in [6.07, 6.45) is 6.56. The van der Waals surface area contributed by atoms with Crippen molar-refractivity contribution in [2.75, 3.05) is 13.1 Å². The van der Waals surface area contributed by atoms with E-state index in [-0.39, 0.29) is 0 Å². The van der Waals surface area contributed by atoms with Crippen molar-refractivity contribution in [3.63, 3.8) is 0 Å². The van der Waals surface area contributed by atoms with Crippen molar-refractivity contribution in [3.8, 4) is 0 Å². The fourth-order valence-electron chi connectivity index (χ4n) is 2.33. The van der Waals surface area contributed by atoms with Gasteiger partial charge in [-0.15, -0.1) is 11.3 Å². The van der Waals surface area contributed by atoms with Crippen LogP contribution in [0.3, 0.4) is 0 Å². The second-order valence-corrected chi connectivity index (χ2v) is 5.51. The lowest BCUT2D eigenvalue weighted by atomic mass is 9.92. The van der Waals surface area contributed by atoms with Crippen molar-refractivity contribution >= 4 is 17.4 Å². The molecular weight excluding hydrogens is 236 g/mol. The van der Waals surface area contributed by atoms with Gasteiger partial charge >= 0.3 is 6.09 Å². The van der Waals surface area contributed by atoms with Crippen LogP contribution < -0.4 is 0 Å². The third-order valence-electron chi connectivity index (χ3n) is 3.37. The molecule has 2 rings (SSSR count). The molecule has 1 fully saturated rings. The van der Waals surface area contributed by atoms with Crippen molar-refractivity contribution in [1.82, 2.24) is 9.88 Å². The summed E-state index contributed by atoms with van der Waals surface area (Å²) in [5, 5.41) is 12.1. The fourth-order valence-corrected chi connectivity index (χ4v) is 2.99. The minimum absolute atomic E-state index is 0.700. The Morgan fingerprint density at radius 1 is 1.53 bits per heavy atom. The van der Waals surface area contributed by atoms with Gasteiger partial charge in [-0.25, -0.2) is 9.78 Å². The number of aryl methyl sites for hydroxylation is 1. The maximum Gasteiger partial charge on any atom is 0.407 e. The van der Waals surface area contributed by atoms with E-state index in [4.69, 9.17) is 5.11 Å². The largest absolute Gasteiger partial charge is 0.465 e. The maximum atomic E-state index is 10.7. The highest BCUT2D eigenvalue weighted by molar-refractivity contribution is 7.09. The van der Waals surface area contributed by atoms with E-state index in [0.717, 1.165) is 19.3 Å². The Balaban J connectivity index is 1.63. The molecular formula is C12H18N2O2S. The van der Waals surface area contributed by atoms with E-state index in [1.165, 1.54) is 22.7 Å². The van der Waals surface area contributed by atoms with Gasteiger partial charge in [0, 0.05) is 24.7 Å². The second kappa shape index (κ2) is 6.00. The van der Waals surface area contributed by atoms with Crippen molar-refractivity contribution in [2.45, 2.75) is 32.1 Å². The minimum atomic E-state index is -0.772. The molecule has 0 bridgehead atoms. The number of hydrogen-bond donors (Lipinski definition) is 1. The molecule has 94 valence electrons. The van der Waals surface area contributed by atoms with Gasteiger partial charge in [0.15, 0.2) is 0 Å². The summed E-state index contributed by atoms with van der Waals surface area (Å²) >= 11 is 1.72. The van der Waals surface area contributed by atoms with Gasteiger partial charge in [-0.2, -0.15) is 0 Å². The molecule has 5 heteroatoms. The molecule has 1 aromatic rings. The van der Waals surface area contributed by atoms with Crippen LogP contribution in [-0.2, 0) is 6.42 Å². The van der Waals surface area contributed by atoms with Crippen LogP contribution in [0.25, 0.3) is 0 Å². The number of nitrogens with zero attached hydrogens (tertiary/aromatic N) is 2. The van der Waals surface area contributed by atoms with Gasteiger partial charge in [0.05, 0.1) is 5.01 Å². The molecule has 0 aromatic carbocycles. The first-order valence-corrected chi connectivity index (χ1v) is 7.00. The van der Waals surface area contributed by atoms with Gasteiger partial charge in [0.1, 0.15) is 0 Å². The van der Waals surface area contributed by atoms with E-state index in [1.54, 1.807) is 11.3 Å². The molecule has 1 N–H and O–H groups in total. The Labute approximate surface area is 105 Å². The minimum Gasteiger partial charge on any atom is -0.465 e. The molecule has 17 heavy (non-hydrogen) atoms. The van der Waals surface area contributed by atoms with Crippen LogP contribution >= 0.6 is 11.3 Å². The molecule has 1 aromatic heterocycles. The first-order chi connectivity index (χ1) is 8.25. The summed E-state index contributed by atoms with van der Waals surface area (Å²) in [7, 11) is 0. The summed E-state index contributed by atoms with van der Waals surface area (Å²) in [6, 6.07) is 0. The maximum absolute atomic E-state index is 10.7. The summed E-state index contributed by atoms with van der Waals surface area (Å²) in [6.45, 7) is 1.41. The number of carboxylic acid groups (broad SMARTS) is 1. The zero-order chi connectivity index (χ0) is 12.1. The summed E-state index contributed by atoms with van der Waals surface area (Å²) in [5.74, 6) is 0.700. The van der Waals surface area contributed by atoms with Crippen molar-refractivity contribution < 1.29 is 9.90 Å². The average Bonchev–Trinajstić information content (AvgIpc) is 2.83. The lowest BCUT2D eigenvalue weighted by Gasteiger charge is -2.29. The third kappa shape index (κ3) is 3.70. The Bertz CT molecular complexity index is 345. The molecule has 0 unspecified atom stereocenters. The number of thiazole rings is 1. The van der Waals surface area contributed by atoms with Crippen molar-refractivity contribution in [2.24, 2.45) is 5.92 Å². The number of hydrogen-bond acceptors (Lipinski definition) is 3. The molecule has 1 aliphatic heterocycles. The summed E-state index contributed by atoms with van der Waals surface area (Å²) in [4.78, 5) is 16.5. The van der Waals surface area contributed by atoms with Crippen LogP contribution in [0.15, 0.2) is 11.6 Å². The first kappa shape index (κ1) is 12.4. The zero-order valence-corrected chi connectivity index (χ0v) is 10.7. The number of rotatable bonds is 4. The molecule has 1 amide bonds. The van der Waals surface area contributed by atoms with Crippen LogP contribution in [0, 0.1) is 5.92 Å². The van der Waals surface area contributed by atoms with E-state index in [9.17, 15) is 4.79 Å². The smallest absolute Gasteiger partial charge is 0.407 e. The van der Waals surface area contributed by atoms with Crippen LogP contribution in [-0.4, -0.2) is 34.2 Å². The highest BCUT2D eigenvalue weighted by Crippen LogP contribution is 2.23. The van der Waals surface area contributed by atoms with Gasteiger partial charge in [-0.05, 0) is 38.0 Å². The SMILES string of the molecule is O=C(O)N1CCC(CCCc2nccs2)CC1. The molecule has 2 heterocycles. The van der Waals surface area contributed by atoms with Gasteiger partial charge in [0.2, 0.25) is 0 Å². The van der Waals surface area contributed by atoms with E-state index < -0.39 is 6.09 Å². The van der Waals surface area contributed by atoms with Gasteiger partial charge in [0.25, 0.3) is 0 Å². The van der Waals surface area contributed by atoms with Crippen LogP contribution in [0.2, 0.25) is 0 Å². The standard InChI is InChI=1S/C12H18N2O2S/c15-12(16)14-7-4-10(5-8-14)2-1-3-11-13-6-9-17-11/h6,9-10H,1-5,7-8H2,(H,15,16). The Kier molecular flexibility index (Phi) is 4.36. The van der Waals surface area contributed by atoms with Crippen LogP contribution in [0.1, 0.15) is 30.7 Å². The number of amides is 1. The predicted molar refractivity (Wildman–Crippen MR) is 67.4 cm³/mol. The van der Waals surface area contributed by atoms with Crippen LogP contribution in [0.5, 0.6) is 0 Å². The summed E-state index contributed by atoms with van der Waals surface area (Å²) < 4.78 is 0. The lowest BCUT2D eigenvalue weighted by Crippen LogP contribution is -2.37. The number of likely N-dealkylation sites (tertiary alicyclic amines) is 1. The van der Waals surface area contributed by atoms with Crippen LogP contribution in [0.4, 0.5) is 4.79 Å². The van der Waals surface area contributed by atoms with Gasteiger partial charge < -0.3 is 10.0 Å². The number of carbonyl (C=O) groups is 1.